The van der Waals surface area contributed by atoms with E-state index in [1.165, 1.54) is 25.2 Å². The molecule has 0 unspecified atom stereocenters. The highest BCUT2D eigenvalue weighted by Gasteiger charge is 2.78. The highest BCUT2D eigenvalue weighted by Crippen LogP contribution is 2.74. The summed E-state index contributed by atoms with van der Waals surface area (Å²) in [4.78, 5) is 40.3. The van der Waals surface area contributed by atoms with Crippen molar-refractivity contribution in [2.75, 3.05) is 19.7 Å². The molecule has 4 fully saturated rings. The molecule has 6 rings (SSSR count). The van der Waals surface area contributed by atoms with Crippen molar-refractivity contribution in [2.45, 2.75) is 71.4 Å². The Morgan fingerprint density at radius 3 is 2.66 bits per heavy atom. The van der Waals surface area contributed by atoms with Gasteiger partial charge in [0.15, 0.2) is 23.8 Å². The molecule has 0 radical (unpaired) electrons. The summed E-state index contributed by atoms with van der Waals surface area (Å²) in [7, 11) is 0. The Balaban J connectivity index is 1.40. The average molecular weight is 568 g/mol. The summed E-state index contributed by atoms with van der Waals surface area (Å²) in [5, 5.41) is 11.7. The minimum atomic E-state index is -2.19. The first-order chi connectivity index (χ1) is 19.3. The number of ketones is 2. The first kappa shape index (κ1) is 28.4. The molecule has 1 aromatic carbocycles. The van der Waals surface area contributed by atoms with Crippen LogP contribution in [0, 0.1) is 40.9 Å². The fraction of sp³-hybridized carbons (Fsp3) is 0.606. The monoisotopic (exact) mass is 567 g/mol. The van der Waals surface area contributed by atoms with Gasteiger partial charge in [0.1, 0.15) is 6.17 Å². The predicted octanol–water partition coefficient (Wildman–Crippen LogP) is 4.47. The van der Waals surface area contributed by atoms with Crippen molar-refractivity contribution in [3.63, 3.8) is 0 Å². The Kier molecular flexibility index (Phi) is 6.51. The van der Waals surface area contributed by atoms with Gasteiger partial charge in [0.25, 0.3) is 0 Å². The maximum absolute atomic E-state index is 17.6. The van der Waals surface area contributed by atoms with Crippen molar-refractivity contribution in [2.24, 2.45) is 34.0 Å². The summed E-state index contributed by atoms with van der Waals surface area (Å²) in [6.45, 7) is 8.10. The minimum absolute atomic E-state index is 0.0207. The zero-order chi connectivity index (χ0) is 29.5. The molecule has 5 aliphatic rings. The third kappa shape index (κ3) is 3.82. The van der Waals surface area contributed by atoms with Gasteiger partial charge in [-0.3, -0.25) is 19.3 Å². The molecule has 4 aliphatic carbocycles. The molecule has 1 heterocycles. The molecule has 3 saturated carbocycles. The lowest BCUT2D eigenvalue weighted by molar-refractivity contribution is -0.212. The van der Waals surface area contributed by atoms with Gasteiger partial charge in [-0.05, 0) is 73.6 Å². The quantitative estimate of drug-likeness (QED) is 0.529. The number of Topliss-reactive ketones (excluding diaryl/α,β-unsaturated/α-hetero) is 1. The van der Waals surface area contributed by atoms with Gasteiger partial charge in [-0.2, -0.15) is 0 Å². The molecule has 9 atom stereocenters. The fourth-order valence-electron chi connectivity index (χ4n) is 9.86. The highest BCUT2D eigenvalue weighted by molar-refractivity contribution is 6.01. The SMILES string of the molecule is CC(=O)OCC(=O)[C@@]12CN(Cc3cccc(C)c3)C[C@@H]1C[C@H]1[C@@H]3C[C@H](F)C4=CC(=O)C=C[C@]4(C)[C@@]3(F)[C@@H](O)C[C@@]12C. The second-order valence-electron chi connectivity index (χ2n) is 13.6. The number of nitrogens with zero attached hydrogens (tertiary/aromatic N) is 1. The molecule has 0 spiro atoms. The number of halogens is 2. The summed E-state index contributed by atoms with van der Waals surface area (Å²) in [6.07, 6.45) is 1.29. The van der Waals surface area contributed by atoms with E-state index in [1.807, 2.05) is 26.0 Å². The molecule has 220 valence electrons. The van der Waals surface area contributed by atoms with E-state index in [2.05, 4.69) is 17.0 Å². The molecular weight excluding hydrogens is 528 g/mol. The maximum Gasteiger partial charge on any atom is 0.303 e. The number of benzene rings is 1. The number of aliphatic hydroxyl groups excluding tert-OH is 1. The van der Waals surface area contributed by atoms with Gasteiger partial charge < -0.3 is 9.84 Å². The lowest BCUT2D eigenvalue weighted by Crippen LogP contribution is -2.69. The second kappa shape index (κ2) is 9.40. The van der Waals surface area contributed by atoms with E-state index in [0.717, 1.165) is 11.1 Å². The highest BCUT2D eigenvalue weighted by atomic mass is 19.1. The van der Waals surface area contributed by atoms with E-state index in [4.69, 9.17) is 4.74 Å². The summed E-state index contributed by atoms with van der Waals surface area (Å²) >= 11 is 0. The Labute approximate surface area is 239 Å². The number of fused-ring (bicyclic) bond motifs is 7. The van der Waals surface area contributed by atoms with Crippen LogP contribution >= 0.6 is 0 Å². The summed E-state index contributed by atoms with van der Waals surface area (Å²) < 4.78 is 38.7. The van der Waals surface area contributed by atoms with Gasteiger partial charge in [0.2, 0.25) is 0 Å². The average Bonchev–Trinajstić information content (AvgIpc) is 3.38. The Morgan fingerprint density at radius 1 is 1.20 bits per heavy atom. The summed E-state index contributed by atoms with van der Waals surface area (Å²) in [6, 6.07) is 8.21. The van der Waals surface area contributed by atoms with Crippen LogP contribution in [-0.2, 0) is 25.7 Å². The van der Waals surface area contributed by atoms with Crippen LogP contribution in [0.3, 0.4) is 0 Å². The summed E-state index contributed by atoms with van der Waals surface area (Å²) in [5.41, 5.74) is -3.13. The van der Waals surface area contributed by atoms with E-state index in [9.17, 15) is 19.5 Å². The van der Waals surface area contributed by atoms with Crippen molar-refractivity contribution in [3.8, 4) is 0 Å². The lowest BCUT2D eigenvalue weighted by Gasteiger charge is -2.63. The number of allylic oxidation sites excluding steroid dienone is 4. The fourth-order valence-corrected chi connectivity index (χ4v) is 9.86. The van der Waals surface area contributed by atoms with Crippen LogP contribution in [0.4, 0.5) is 8.78 Å². The third-order valence-electron chi connectivity index (χ3n) is 11.6. The van der Waals surface area contributed by atoms with Crippen LogP contribution in [0.15, 0.2) is 48.1 Å². The molecule has 0 aromatic heterocycles. The third-order valence-corrected chi connectivity index (χ3v) is 11.6. The number of likely N-dealkylation sites (tertiary alicyclic amines) is 1. The number of ether oxygens (including phenoxy) is 1. The molecule has 1 saturated heterocycles. The minimum Gasteiger partial charge on any atom is -0.458 e. The van der Waals surface area contributed by atoms with Crippen LogP contribution in [0.25, 0.3) is 0 Å². The van der Waals surface area contributed by atoms with Crippen LogP contribution in [0.5, 0.6) is 0 Å². The number of esters is 1. The molecule has 1 N–H and O–H groups in total. The van der Waals surface area contributed by atoms with Crippen molar-refractivity contribution in [3.05, 3.63) is 59.2 Å². The molecule has 0 amide bonds. The summed E-state index contributed by atoms with van der Waals surface area (Å²) in [5.74, 6) is -2.52. The van der Waals surface area contributed by atoms with Crippen molar-refractivity contribution < 1.29 is 33.0 Å². The van der Waals surface area contributed by atoms with Crippen molar-refractivity contribution >= 4 is 17.5 Å². The largest absolute Gasteiger partial charge is 0.458 e. The zero-order valence-corrected chi connectivity index (χ0v) is 24.2. The predicted molar refractivity (Wildman–Crippen MR) is 148 cm³/mol. The smallest absolute Gasteiger partial charge is 0.303 e. The van der Waals surface area contributed by atoms with Gasteiger partial charge >= 0.3 is 5.97 Å². The number of carbonyl (C=O) groups is 3. The number of hydrogen-bond acceptors (Lipinski definition) is 6. The van der Waals surface area contributed by atoms with Gasteiger partial charge in [-0.1, -0.05) is 42.8 Å². The number of alkyl halides is 2. The number of aryl methyl sites for hydroxylation is 1. The number of aliphatic hydroxyl groups is 1. The van der Waals surface area contributed by atoms with E-state index in [0.29, 0.717) is 26.1 Å². The van der Waals surface area contributed by atoms with Crippen molar-refractivity contribution in [1.29, 1.82) is 0 Å². The van der Waals surface area contributed by atoms with E-state index < -0.39 is 46.1 Å². The normalized spacial score (nSPS) is 43.0. The maximum atomic E-state index is 17.6. The first-order valence-corrected chi connectivity index (χ1v) is 14.7. The number of hydrogen-bond donors (Lipinski definition) is 1. The Hall–Kier alpha value is -2.71. The van der Waals surface area contributed by atoms with Gasteiger partial charge in [-0.15, -0.1) is 0 Å². The molecule has 1 aromatic rings. The van der Waals surface area contributed by atoms with Crippen molar-refractivity contribution in [1.82, 2.24) is 4.90 Å². The molecule has 0 bridgehead atoms. The van der Waals surface area contributed by atoms with E-state index >= 15 is 8.78 Å². The van der Waals surface area contributed by atoms with Crippen LogP contribution in [-0.4, -0.2) is 65.2 Å². The van der Waals surface area contributed by atoms with E-state index in [-0.39, 0.29) is 48.4 Å². The van der Waals surface area contributed by atoms with E-state index in [1.54, 1.807) is 6.92 Å². The second-order valence-corrected chi connectivity index (χ2v) is 13.6. The van der Waals surface area contributed by atoms with Gasteiger partial charge in [0.05, 0.1) is 11.5 Å². The molecule has 8 heteroatoms. The lowest BCUT2D eigenvalue weighted by atomic mass is 9.43. The zero-order valence-electron chi connectivity index (χ0n) is 24.2. The van der Waals surface area contributed by atoms with Crippen LogP contribution in [0.1, 0.15) is 51.2 Å². The first-order valence-electron chi connectivity index (χ1n) is 14.7. The molecular formula is C33H39F2NO5. The van der Waals surface area contributed by atoms with Crippen LogP contribution in [0.2, 0.25) is 0 Å². The van der Waals surface area contributed by atoms with Crippen LogP contribution < -0.4 is 0 Å². The Bertz CT molecular complexity index is 1370. The molecule has 6 nitrogen and oxygen atoms in total. The number of rotatable bonds is 5. The molecule has 41 heavy (non-hydrogen) atoms. The topological polar surface area (TPSA) is 83.9 Å². The Morgan fingerprint density at radius 2 is 1.95 bits per heavy atom. The standard InChI is InChI=1S/C33H39F2NO5/c1-19-6-5-7-21(10-19)15-36-16-22-11-24-25-13-27(34)26-12-23(38)8-9-30(26,3)33(25,35)28(39)14-31(24,4)32(22,18-36)29(40)17-41-20(2)37/h5-10,12,22,24-25,27-28,39H,11,13-18H2,1-4H3/t22-,24-,25-,27-,28-,30-,31-,32+,33-/m0/s1. The van der Waals surface area contributed by atoms with Gasteiger partial charge in [0, 0.05) is 37.9 Å². The molecule has 1 aliphatic heterocycles. The number of carbonyl (C=O) groups excluding carboxylic acids is 3. The van der Waals surface area contributed by atoms with Gasteiger partial charge in [-0.25, -0.2) is 8.78 Å².